The molecule has 0 aromatic carbocycles. The Hall–Kier alpha value is 0.270. The van der Waals surface area contributed by atoms with Gasteiger partial charge in [0.25, 0.3) is 0 Å². The van der Waals surface area contributed by atoms with E-state index in [1.807, 2.05) is 12.5 Å². The lowest BCUT2D eigenvalue weighted by Crippen LogP contribution is -1.70. The summed E-state index contributed by atoms with van der Waals surface area (Å²) in [5, 5.41) is 0. The molecule has 5 heavy (non-hydrogen) atoms. The first-order valence-electron chi connectivity index (χ1n) is 1.39. The molecule has 0 aromatic rings. The average molecular weight is 93.2 g/mol. The van der Waals surface area contributed by atoms with Crippen LogP contribution in [-0.4, -0.2) is 12.5 Å². The molecule has 1 heterocycles. The highest BCUT2D eigenvalue weighted by molar-refractivity contribution is 8.31. The lowest BCUT2D eigenvalue weighted by atomic mass is 11.9. The Bertz CT molecular complexity index is 47.6. The van der Waals surface area contributed by atoms with E-state index in [0.29, 0.717) is 0 Å². The van der Waals surface area contributed by atoms with Crippen LogP contribution in [0.1, 0.15) is 0 Å². The Balaban J connectivity index is 2.38. The second kappa shape index (κ2) is 0.668. The summed E-state index contributed by atoms with van der Waals surface area (Å²) in [7, 11) is -0.667. The predicted octanol–water partition coefficient (Wildman–Crippen LogP) is 0.415. The van der Waals surface area contributed by atoms with Crippen molar-refractivity contribution in [3.63, 3.8) is 0 Å². The molecule has 2 nitrogen and oxygen atoms in total. The molecule has 0 radical (unpaired) electrons. The van der Waals surface area contributed by atoms with E-state index in [2.05, 4.69) is 4.89 Å². The molecule has 0 aliphatic carbocycles. The third kappa shape index (κ3) is 0.792. The van der Waals surface area contributed by atoms with E-state index < -0.39 is 10.5 Å². The lowest BCUT2D eigenvalue weighted by Gasteiger charge is -1.86. The number of rotatable bonds is 0. The highest BCUT2D eigenvalue weighted by Crippen LogP contribution is 2.48. The van der Waals surface area contributed by atoms with Gasteiger partial charge in [0.05, 0.1) is 0 Å². The zero-order valence-electron chi connectivity index (χ0n) is 3.32. The summed E-state index contributed by atoms with van der Waals surface area (Å²) in [6, 6.07) is 0. The zero-order chi connectivity index (χ0) is 3.91. The Morgan fingerprint density at radius 3 is 1.80 bits per heavy atom. The van der Waals surface area contributed by atoms with Gasteiger partial charge >= 0.3 is 0 Å². The fourth-order valence-electron chi connectivity index (χ4n) is 0.0680. The normalized spacial score (nSPS) is 36.4. The molecule has 0 saturated carbocycles. The van der Waals surface area contributed by atoms with Gasteiger partial charge in [-0.25, -0.2) is 4.28 Å². The van der Waals surface area contributed by atoms with Crippen LogP contribution in [0.3, 0.4) is 0 Å². The van der Waals surface area contributed by atoms with E-state index in [4.69, 9.17) is 4.28 Å². The van der Waals surface area contributed by atoms with Crippen molar-refractivity contribution in [1.29, 1.82) is 0 Å². The van der Waals surface area contributed by atoms with Crippen LogP contribution in [0.15, 0.2) is 0 Å². The van der Waals surface area contributed by atoms with Crippen molar-refractivity contribution in [2.24, 2.45) is 0 Å². The minimum atomic E-state index is -0.667. The predicted molar refractivity (Wildman–Crippen MR) is 23.7 cm³/mol. The molecule has 0 bridgehead atoms. The van der Waals surface area contributed by atoms with Crippen LogP contribution in [-0.2, 0) is 4.28 Å². The zero-order valence-corrected chi connectivity index (χ0v) is 4.13. The molecule has 1 aliphatic heterocycles. The summed E-state index contributed by atoms with van der Waals surface area (Å²) in [4.78, 5) is 2.76. The maximum Gasteiger partial charge on any atom is 0.00356 e. The molecular weight excluding hydrogens is 86.1 g/mol. The van der Waals surface area contributed by atoms with Crippen molar-refractivity contribution in [3.05, 3.63) is 0 Å². The summed E-state index contributed by atoms with van der Waals surface area (Å²) < 4.78 is 4.73. The molecular formula is C2H7NOS. The van der Waals surface area contributed by atoms with Gasteiger partial charge in [-0.3, -0.25) is 0 Å². The smallest absolute Gasteiger partial charge is 0.00356 e. The van der Waals surface area contributed by atoms with E-state index in [9.17, 15) is 0 Å². The summed E-state index contributed by atoms with van der Waals surface area (Å²) in [5.41, 5.74) is 0. The van der Waals surface area contributed by atoms with Crippen molar-refractivity contribution >= 4 is 10.5 Å². The molecule has 1 rings (SSSR count). The van der Waals surface area contributed by atoms with Gasteiger partial charge in [-0.1, -0.05) is 0 Å². The quantitative estimate of drug-likeness (QED) is 0.440. The first kappa shape index (κ1) is 3.46. The topological polar surface area (TPSA) is 34.5 Å². The van der Waals surface area contributed by atoms with Gasteiger partial charge < -0.3 is 0 Å². The van der Waals surface area contributed by atoms with Crippen molar-refractivity contribution in [2.45, 2.75) is 0 Å². The molecule has 32 valence electrons. The molecule has 0 atom stereocenters. The van der Waals surface area contributed by atoms with Crippen molar-refractivity contribution in [1.82, 2.24) is 4.89 Å². The van der Waals surface area contributed by atoms with Gasteiger partial charge in [0.2, 0.25) is 0 Å². The summed E-state index contributed by atoms with van der Waals surface area (Å²) in [6.45, 7) is 0. The van der Waals surface area contributed by atoms with E-state index >= 15 is 0 Å². The van der Waals surface area contributed by atoms with Gasteiger partial charge in [0.15, 0.2) is 0 Å². The van der Waals surface area contributed by atoms with Crippen molar-refractivity contribution in [2.75, 3.05) is 12.5 Å². The monoisotopic (exact) mass is 93.0 g/mol. The molecule has 0 unspecified atom stereocenters. The molecule has 1 N–H and O–H groups in total. The Kier molecular flexibility index (Phi) is 0.462. The Morgan fingerprint density at radius 1 is 1.60 bits per heavy atom. The molecule has 1 fully saturated rings. The number of nitrogens with one attached hydrogen (secondary N) is 1. The van der Waals surface area contributed by atoms with Crippen molar-refractivity contribution < 1.29 is 4.28 Å². The first-order chi connectivity index (χ1) is 2.21. The number of hydrogen-bond acceptors (Lipinski definition) is 2. The molecule has 0 amide bonds. The van der Waals surface area contributed by atoms with E-state index in [1.165, 1.54) is 0 Å². The maximum atomic E-state index is 4.73. The van der Waals surface area contributed by atoms with Gasteiger partial charge in [-0.15, -0.1) is 4.89 Å². The Morgan fingerprint density at radius 2 is 1.80 bits per heavy atom. The molecule has 3 heteroatoms. The van der Waals surface area contributed by atoms with Crippen LogP contribution < -0.4 is 4.89 Å². The number of hydrogen-bond donors (Lipinski definition) is 1. The highest BCUT2D eigenvalue weighted by atomic mass is 32.3. The van der Waals surface area contributed by atoms with Crippen LogP contribution in [0.2, 0.25) is 0 Å². The minimum absolute atomic E-state index is 0.667. The van der Waals surface area contributed by atoms with E-state index in [1.54, 1.807) is 0 Å². The first-order valence-corrected chi connectivity index (χ1v) is 3.77. The third-order valence-electron chi connectivity index (χ3n) is 0.417. The van der Waals surface area contributed by atoms with Gasteiger partial charge in [-0.2, -0.15) is 0 Å². The Labute approximate surface area is 33.1 Å². The third-order valence-corrected chi connectivity index (χ3v) is 1.25. The fourth-order valence-corrected chi connectivity index (χ4v) is 0.612. The second-order valence-electron chi connectivity index (χ2n) is 1.40. The standard InChI is InChI=1S/C2H7NOS/c1-5(2)3-4-5/h3H,1-2H3. The van der Waals surface area contributed by atoms with E-state index in [-0.39, 0.29) is 0 Å². The molecule has 0 spiro atoms. The molecule has 0 aromatic heterocycles. The van der Waals surface area contributed by atoms with Gasteiger partial charge in [0.1, 0.15) is 0 Å². The van der Waals surface area contributed by atoms with Crippen LogP contribution >= 0.6 is 10.5 Å². The van der Waals surface area contributed by atoms with Crippen LogP contribution in [0.5, 0.6) is 0 Å². The SMILES string of the molecule is CS1(C)NO1. The fraction of sp³-hybridized carbons (Fsp3) is 1.00. The highest BCUT2D eigenvalue weighted by Gasteiger charge is 2.25. The van der Waals surface area contributed by atoms with E-state index in [0.717, 1.165) is 0 Å². The largest absolute Gasteiger partial charge is 0.228 e. The summed E-state index contributed by atoms with van der Waals surface area (Å²) in [6.07, 6.45) is 4.10. The molecule has 1 saturated heterocycles. The lowest BCUT2D eigenvalue weighted by molar-refractivity contribution is 0.468. The maximum absolute atomic E-state index is 4.73. The molecule has 1 aliphatic rings. The van der Waals surface area contributed by atoms with Crippen LogP contribution in [0, 0.1) is 0 Å². The second-order valence-corrected chi connectivity index (χ2v) is 4.20. The van der Waals surface area contributed by atoms with Crippen LogP contribution in [0.4, 0.5) is 0 Å². The minimum Gasteiger partial charge on any atom is -0.228 e. The van der Waals surface area contributed by atoms with Gasteiger partial charge in [0, 0.05) is 12.5 Å². The summed E-state index contributed by atoms with van der Waals surface area (Å²) in [5.74, 6) is 0. The summed E-state index contributed by atoms with van der Waals surface area (Å²) >= 11 is 0. The van der Waals surface area contributed by atoms with Crippen LogP contribution in [0.25, 0.3) is 0 Å². The van der Waals surface area contributed by atoms with Crippen molar-refractivity contribution in [3.8, 4) is 0 Å². The average Bonchev–Trinajstić information content (AvgIpc) is 1.76. The van der Waals surface area contributed by atoms with Gasteiger partial charge in [-0.05, 0) is 10.5 Å².